The lowest BCUT2D eigenvalue weighted by Crippen LogP contribution is -2.42. The van der Waals surface area contributed by atoms with Crippen LogP contribution in [0.25, 0.3) is 0 Å². The molecular formula is C22H28N6O5. The number of nitrogens with one attached hydrogen (secondary N) is 1. The van der Waals surface area contributed by atoms with Gasteiger partial charge < -0.3 is 19.9 Å². The Morgan fingerprint density at radius 2 is 2.00 bits per heavy atom. The van der Waals surface area contributed by atoms with Gasteiger partial charge in [-0.15, -0.1) is 0 Å². The number of benzene rings is 1. The standard InChI is InChI=1S/C22H28N6O5/c1-3-7-16-24-17(33-26-16)10-11-18(29)27(12-13-32-2)19-20(23)28(22(31)25-21(19)30)14-15-8-5-4-6-9-15/h4-6,8-9H,3,7,10-14,23H2,1-2H3,(H,25,30,31). The van der Waals surface area contributed by atoms with Gasteiger partial charge in [-0.3, -0.25) is 19.1 Å². The second-order valence-corrected chi connectivity index (χ2v) is 7.46. The van der Waals surface area contributed by atoms with Crippen LogP contribution in [0.2, 0.25) is 0 Å². The van der Waals surface area contributed by atoms with Crippen LogP contribution >= 0.6 is 0 Å². The molecule has 0 atom stereocenters. The predicted molar refractivity (Wildman–Crippen MR) is 122 cm³/mol. The number of anilines is 2. The third-order valence-electron chi connectivity index (χ3n) is 5.02. The Morgan fingerprint density at radius 1 is 1.24 bits per heavy atom. The number of aryl methyl sites for hydroxylation is 2. The lowest BCUT2D eigenvalue weighted by atomic mass is 10.2. The van der Waals surface area contributed by atoms with E-state index in [0.717, 1.165) is 12.0 Å². The number of ether oxygens (including phenoxy) is 1. The molecule has 0 saturated carbocycles. The fraction of sp³-hybridized carbons (Fsp3) is 0.409. The van der Waals surface area contributed by atoms with Crippen LogP contribution in [0, 0.1) is 0 Å². The molecule has 0 aliphatic heterocycles. The van der Waals surface area contributed by atoms with Crippen LogP contribution in [0.5, 0.6) is 0 Å². The van der Waals surface area contributed by atoms with Gasteiger partial charge in [0.1, 0.15) is 5.82 Å². The smallest absolute Gasteiger partial charge is 0.330 e. The van der Waals surface area contributed by atoms with Crippen molar-refractivity contribution in [2.45, 2.75) is 39.2 Å². The summed E-state index contributed by atoms with van der Waals surface area (Å²) >= 11 is 0. The van der Waals surface area contributed by atoms with E-state index in [0.29, 0.717) is 18.1 Å². The summed E-state index contributed by atoms with van der Waals surface area (Å²) in [5.41, 5.74) is 5.58. The molecule has 2 aromatic heterocycles. The Kier molecular flexibility index (Phi) is 8.14. The molecule has 3 rings (SSSR count). The third kappa shape index (κ3) is 5.95. The van der Waals surface area contributed by atoms with E-state index in [1.807, 2.05) is 37.3 Å². The molecule has 33 heavy (non-hydrogen) atoms. The highest BCUT2D eigenvalue weighted by Crippen LogP contribution is 2.19. The van der Waals surface area contributed by atoms with Crippen molar-refractivity contribution in [3.8, 4) is 0 Å². The van der Waals surface area contributed by atoms with E-state index >= 15 is 0 Å². The number of aromatic amines is 1. The molecule has 11 heteroatoms. The van der Waals surface area contributed by atoms with E-state index in [1.54, 1.807) is 0 Å². The molecule has 0 radical (unpaired) electrons. The SMILES string of the molecule is CCCc1noc(CCC(=O)N(CCOC)c2c(N)n(Cc3ccccc3)c(=O)[nH]c2=O)n1. The van der Waals surface area contributed by atoms with Gasteiger partial charge in [-0.1, -0.05) is 42.4 Å². The molecule has 0 unspecified atom stereocenters. The van der Waals surface area contributed by atoms with Crippen LogP contribution in [0.4, 0.5) is 11.5 Å². The summed E-state index contributed by atoms with van der Waals surface area (Å²) in [5, 5.41) is 3.88. The van der Waals surface area contributed by atoms with E-state index < -0.39 is 11.2 Å². The van der Waals surface area contributed by atoms with Crippen LogP contribution < -0.4 is 21.9 Å². The highest BCUT2D eigenvalue weighted by molar-refractivity contribution is 5.95. The average Bonchev–Trinajstić information content (AvgIpc) is 3.25. The Bertz CT molecular complexity index is 1180. The summed E-state index contributed by atoms with van der Waals surface area (Å²) in [6, 6.07) is 9.19. The third-order valence-corrected chi connectivity index (χ3v) is 5.02. The van der Waals surface area contributed by atoms with E-state index in [1.165, 1.54) is 16.6 Å². The largest absolute Gasteiger partial charge is 0.383 e. The average molecular weight is 457 g/mol. The number of nitrogen functional groups attached to an aromatic ring is 1. The van der Waals surface area contributed by atoms with Crippen molar-refractivity contribution in [3.63, 3.8) is 0 Å². The first-order valence-electron chi connectivity index (χ1n) is 10.7. The lowest BCUT2D eigenvalue weighted by molar-refractivity contribution is -0.118. The van der Waals surface area contributed by atoms with Crippen molar-refractivity contribution >= 4 is 17.4 Å². The zero-order valence-corrected chi connectivity index (χ0v) is 18.7. The minimum absolute atomic E-state index is 0.00810. The van der Waals surface area contributed by atoms with Crippen LogP contribution in [0.15, 0.2) is 44.4 Å². The van der Waals surface area contributed by atoms with Crippen molar-refractivity contribution in [3.05, 3.63) is 68.4 Å². The quantitative estimate of drug-likeness (QED) is 0.436. The van der Waals surface area contributed by atoms with Crippen molar-refractivity contribution in [2.75, 3.05) is 30.9 Å². The predicted octanol–water partition coefficient (Wildman–Crippen LogP) is 1.11. The first-order chi connectivity index (χ1) is 15.9. The Labute approximate surface area is 190 Å². The number of rotatable bonds is 11. The topological polar surface area (TPSA) is 149 Å². The number of nitrogens with two attached hydrogens (primary N) is 1. The molecule has 3 N–H and O–H groups in total. The van der Waals surface area contributed by atoms with Gasteiger partial charge >= 0.3 is 5.69 Å². The molecule has 0 fully saturated rings. The van der Waals surface area contributed by atoms with Gasteiger partial charge in [0.2, 0.25) is 11.8 Å². The Morgan fingerprint density at radius 3 is 2.70 bits per heavy atom. The molecule has 0 spiro atoms. The monoisotopic (exact) mass is 456 g/mol. The van der Waals surface area contributed by atoms with Gasteiger partial charge in [-0.05, 0) is 12.0 Å². The molecular weight excluding hydrogens is 428 g/mol. The first kappa shape index (κ1) is 23.9. The summed E-state index contributed by atoms with van der Waals surface area (Å²) in [6.07, 6.45) is 1.78. The van der Waals surface area contributed by atoms with Gasteiger partial charge in [0, 0.05) is 32.9 Å². The number of H-pyrrole nitrogens is 1. The molecule has 11 nitrogen and oxygen atoms in total. The molecule has 0 aliphatic carbocycles. The molecule has 1 aromatic carbocycles. The van der Waals surface area contributed by atoms with Gasteiger partial charge in [-0.25, -0.2) is 4.79 Å². The molecule has 176 valence electrons. The zero-order valence-electron chi connectivity index (χ0n) is 18.7. The maximum absolute atomic E-state index is 13.1. The number of carbonyl (C=O) groups is 1. The van der Waals surface area contributed by atoms with Gasteiger partial charge in [0.25, 0.3) is 5.56 Å². The summed E-state index contributed by atoms with van der Waals surface area (Å²) in [4.78, 5) is 46.0. The van der Waals surface area contributed by atoms with E-state index in [4.69, 9.17) is 15.0 Å². The Hall–Kier alpha value is -3.73. The molecule has 2 heterocycles. The number of nitrogens with zero attached hydrogens (tertiary/aromatic N) is 4. The molecule has 0 bridgehead atoms. The second kappa shape index (κ2) is 11.2. The number of hydrogen-bond acceptors (Lipinski definition) is 8. The van der Waals surface area contributed by atoms with Crippen LogP contribution in [-0.4, -0.2) is 45.9 Å². The number of carbonyl (C=O) groups excluding carboxylic acids is 1. The normalized spacial score (nSPS) is 11.0. The van der Waals surface area contributed by atoms with Crippen molar-refractivity contribution in [2.24, 2.45) is 0 Å². The summed E-state index contributed by atoms with van der Waals surface area (Å²) in [7, 11) is 1.49. The number of aromatic nitrogens is 4. The first-order valence-corrected chi connectivity index (χ1v) is 10.7. The van der Waals surface area contributed by atoms with Crippen molar-refractivity contribution in [1.82, 2.24) is 19.7 Å². The minimum Gasteiger partial charge on any atom is -0.383 e. The van der Waals surface area contributed by atoms with E-state index in [2.05, 4.69) is 15.1 Å². The maximum atomic E-state index is 13.1. The minimum atomic E-state index is -0.741. The van der Waals surface area contributed by atoms with Gasteiger partial charge in [0.05, 0.1) is 13.2 Å². The molecule has 0 aliphatic rings. The summed E-state index contributed by atoms with van der Waals surface area (Å²) in [6.45, 7) is 2.40. The van der Waals surface area contributed by atoms with E-state index in [9.17, 15) is 14.4 Å². The van der Waals surface area contributed by atoms with Crippen LogP contribution in [0.1, 0.15) is 37.0 Å². The van der Waals surface area contributed by atoms with Crippen LogP contribution in [-0.2, 0) is 28.9 Å². The lowest BCUT2D eigenvalue weighted by Gasteiger charge is -2.24. The highest BCUT2D eigenvalue weighted by Gasteiger charge is 2.24. The summed E-state index contributed by atoms with van der Waals surface area (Å²) in [5.74, 6) is 0.448. The van der Waals surface area contributed by atoms with Gasteiger partial charge in [-0.2, -0.15) is 4.98 Å². The zero-order chi connectivity index (χ0) is 23.8. The molecule has 0 saturated heterocycles. The highest BCUT2D eigenvalue weighted by atomic mass is 16.5. The van der Waals surface area contributed by atoms with Crippen molar-refractivity contribution in [1.29, 1.82) is 0 Å². The number of amides is 1. The molecule has 3 aromatic rings. The Balaban J connectivity index is 1.88. The fourth-order valence-corrected chi connectivity index (χ4v) is 3.37. The summed E-state index contributed by atoms with van der Waals surface area (Å²) < 4.78 is 11.5. The van der Waals surface area contributed by atoms with Gasteiger partial charge in [0.15, 0.2) is 11.5 Å². The fourth-order valence-electron chi connectivity index (χ4n) is 3.37. The molecule has 1 amide bonds. The van der Waals surface area contributed by atoms with Crippen LogP contribution in [0.3, 0.4) is 0 Å². The second-order valence-electron chi connectivity index (χ2n) is 7.46. The van der Waals surface area contributed by atoms with E-state index in [-0.39, 0.29) is 50.0 Å². The van der Waals surface area contributed by atoms with Crippen molar-refractivity contribution < 1.29 is 14.1 Å². The number of methoxy groups -OCH3 is 1. The maximum Gasteiger partial charge on any atom is 0.330 e. The number of hydrogen-bond donors (Lipinski definition) is 2.